The molecule has 33 heavy (non-hydrogen) atoms. The van der Waals surface area contributed by atoms with E-state index in [1.165, 1.54) is 24.4 Å². The Kier molecular flexibility index (Phi) is 6.32. The van der Waals surface area contributed by atoms with Crippen LogP contribution >= 0.6 is 0 Å². The van der Waals surface area contributed by atoms with Gasteiger partial charge in [0.15, 0.2) is 0 Å². The van der Waals surface area contributed by atoms with E-state index in [2.05, 4.69) is 9.98 Å². The molecule has 1 unspecified atom stereocenters. The zero-order valence-corrected chi connectivity index (χ0v) is 17.4. The van der Waals surface area contributed by atoms with Crippen molar-refractivity contribution < 1.29 is 23.0 Å². The van der Waals surface area contributed by atoms with Crippen LogP contribution in [-0.4, -0.2) is 69.2 Å². The average molecular weight is 464 g/mol. The monoisotopic (exact) mass is 464 g/mol. The van der Waals surface area contributed by atoms with Crippen LogP contribution in [0.3, 0.4) is 0 Å². The number of rotatable bonds is 5. The van der Waals surface area contributed by atoms with E-state index in [1.807, 2.05) is 0 Å². The molecule has 0 amide bonds. The number of aliphatic hydroxyl groups is 1. The van der Waals surface area contributed by atoms with E-state index in [9.17, 15) is 23.1 Å². The number of hydrogen-bond acceptors (Lipinski definition) is 8. The number of benzene rings is 1. The highest BCUT2D eigenvalue weighted by atomic mass is 19.3. The van der Waals surface area contributed by atoms with Crippen LogP contribution in [0.4, 0.5) is 24.7 Å². The normalized spacial score (nSPS) is 28.8. The van der Waals surface area contributed by atoms with Crippen molar-refractivity contribution in [3.05, 3.63) is 52.8 Å². The first-order chi connectivity index (χ1) is 15.7. The number of halogens is 3. The molecule has 12 heteroatoms. The highest BCUT2D eigenvalue weighted by Crippen LogP contribution is 2.42. The van der Waals surface area contributed by atoms with Crippen molar-refractivity contribution in [2.45, 2.75) is 30.8 Å². The summed E-state index contributed by atoms with van der Waals surface area (Å²) in [6.07, 6.45) is -2.76. The summed E-state index contributed by atoms with van der Waals surface area (Å²) in [5, 5.41) is 18.0. The number of anilines is 1. The molecule has 0 radical (unpaired) electrons. The summed E-state index contributed by atoms with van der Waals surface area (Å²) in [6.45, 7) is 0.677. The molecule has 3 heterocycles. The lowest BCUT2D eigenvalue weighted by Crippen LogP contribution is -2.48. The Morgan fingerprint density at radius 3 is 2.88 bits per heavy atom. The van der Waals surface area contributed by atoms with E-state index in [-0.39, 0.29) is 12.4 Å². The molecule has 4 rings (SSSR count). The molecule has 0 bridgehead atoms. The number of nitrogens with two attached hydrogens (primary N) is 1. The second kappa shape index (κ2) is 9.04. The van der Waals surface area contributed by atoms with Crippen LogP contribution in [0.1, 0.15) is 12.6 Å². The number of nitrogens with one attached hydrogen (secondary N) is 1. The van der Waals surface area contributed by atoms with E-state index in [0.717, 1.165) is 6.20 Å². The van der Waals surface area contributed by atoms with Gasteiger partial charge in [-0.3, -0.25) is 14.5 Å². The number of ether oxygens (including phenoxy) is 1. The standard InChI is InChI=1S/C21H23F3N6O3/c22-13-2-1-3-14(8-13)27-15-4-6-29(10-12(15)9-25)11-16-18(31)21(23,24)19(33-16)30-7-5-17(26)28-20(30)32/h1-3,5,7-9,12,16,18-19,25,31H,4,6,10-11H2,(H2,26,28,32)/t12?,16-,18-,19-/m1/s1. The molecular formula is C21H23F3N6O3. The minimum absolute atomic E-state index is 0.0397. The first-order valence-electron chi connectivity index (χ1n) is 10.3. The Labute approximate surface area is 186 Å². The third kappa shape index (κ3) is 4.68. The van der Waals surface area contributed by atoms with Crippen molar-refractivity contribution in [1.82, 2.24) is 14.5 Å². The summed E-state index contributed by atoms with van der Waals surface area (Å²) in [5.74, 6) is -4.66. The zero-order chi connectivity index (χ0) is 23.8. The molecule has 0 saturated carbocycles. The summed E-state index contributed by atoms with van der Waals surface area (Å²) in [4.78, 5) is 21.7. The zero-order valence-electron chi connectivity index (χ0n) is 17.4. The smallest absolute Gasteiger partial charge is 0.351 e. The summed E-state index contributed by atoms with van der Waals surface area (Å²) >= 11 is 0. The van der Waals surface area contributed by atoms with Gasteiger partial charge in [0.1, 0.15) is 23.8 Å². The number of aromatic nitrogens is 2. The molecule has 176 valence electrons. The highest BCUT2D eigenvalue weighted by molar-refractivity contribution is 6.00. The summed E-state index contributed by atoms with van der Waals surface area (Å²) in [6, 6.07) is 6.99. The molecule has 1 aromatic heterocycles. The minimum atomic E-state index is -3.73. The molecule has 4 atom stereocenters. The number of likely N-dealkylation sites (tertiary alicyclic amines) is 1. The lowest BCUT2D eigenvalue weighted by Gasteiger charge is -2.34. The maximum atomic E-state index is 14.8. The highest BCUT2D eigenvalue weighted by Gasteiger charge is 2.59. The van der Waals surface area contributed by atoms with E-state index in [0.29, 0.717) is 35.5 Å². The Morgan fingerprint density at radius 1 is 1.39 bits per heavy atom. The van der Waals surface area contributed by atoms with Gasteiger partial charge in [0.05, 0.1) is 5.69 Å². The number of nitrogen functional groups attached to an aromatic ring is 1. The predicted octanol–water partition coefficient (Wildman–Crippen LogP) is 1.60. The fourth-order valence-corrected chi connectivity index (χ4v) is 4.08. The second-order valence-electron chi connectivity index (χ2n) is 8.05. The first kappa shape index (κ1) is 23.1. The van der Waals surface area contributed by atoms with Crippen LogP contribution in [0.15, 0.2) is 46.3 Å². The molecule has 1 aromatic carbocycles. The third-order valence-corrected chi connectivity index (χ3v) is 5.77. The fraction of sp³-hybridized carbons (Fsp3) is 0.429. The number of hydrogen-bond donors (Lipinski definition) is 3. The van der Waals surface area contributed by atoms with Crippen LogP contribution in [0.5, 0.6) is 0 Å². The summed E-state index contributed by atoms with van der Waals surface area (Å²) in [7, 11) is 0. The molecule has 2 aliphatic heterocycles. The number of piperidine rings is 1. The van der Waals surface area contributed by atoms with Crippen LogP contribution in [0, 0.1) is 17.1 Å². The van der Waals surface area contributed by atoms with Crippen LogP contribution in [-0.2, 0) is 4.74 Å². The topological polar surface area (TPSA) is 130 Å². The van der Waals surface area contributed by atoms with E-state index in [4.69, 9.17) is 15.9 Å². The van der Waals surface area contributed by atoms with Gasteiger partial charge in [0, 0.05) is 43.7 Å². The maximum absolute atomic E-state index is 14.8. The lowest BCUT2D eigenvalue weighted by atomic mass is 9.95. The van der Waals surface area contributed by atoms with Gasteiger partial charge >= 0.3 is 11.6 Å². The van der Waals surface area contributed by atoms with Gasteiger partial charge in [0.25, 0.3) is 0 Å². The molecule has 0 spiro atoms. The molecule has 2 aliphatic rings. The Bertz CT molecular complexity index is 1120. The first-order valence-corrected chi connectivity index (χ1v) is 10.3. The van der Waals surface area contributed by atoms with E-state index >= 15 is 0 Å². The van der Waals surface area contributed by atoms with Gasteiger partial charge in [0.2, 0.25) is 6.23 Å². The lowest BCUT2D eigenvalue weighted by molar-refractivity contribution is -0.140. The van der Waals surface area contributed by atoms with Gasteiger partial charge in [-0.1, -0.05) is 6.07 Å². The summed E-state index contributed by atoms with van der Waals surface area (Å²) < 4.78 is 49.0. The fourth-order valence-electron chi connectivity index (χ4n) is 4.08. The Hall–Kier alpha value is -3.09. The van der Waals surface area contributed by atoms with Crippen molar-refractivity contribution >= 4 is 23.4 Å². The molecule has 4 N–H and O–H groups in total. The van der Waals surface area contributed by atoms with Crippen molar-refractivity contribution in [1.29, 1.82) is 5.41 Å². The molecule has 2 saturated heterocycles. The van der Waals surface area contributed by atoms with Crippen LogP contribution < -0.4 is 11.4 Å². The Balaban J connectivity index is 1.47. The van der Waals surface area contributed by atoms with Gasteiger partial charge in [-0.15, -0.1) is 0 Å². The van der Waals surface area contributed by atoms with E-state index in [1.54, 1.807) is 17.0 Å². The maximum Gasteiger partial charge on any atom is 0.351 e. The number of aliphatic hydroxyl groups excluding tert-OH is 1. The van der Waals surface area contributed by atoms with Crippen molar-refractivity contribution in [2.24, 2.45) is 10.9 Å². The van der Waals surface area contributed by atoms with Crippen molar-refractivity contribution in [3.63, 3.8) is 0 Å². The van der Waals surface area contributed by atoms with Gasteiger partial charge in [-0.25, -0.2) is 9.18 Å². The Morgan fingerprint density at radius 2 is 2.18 bits per heavy atom. The molecule has 2 aromatic rings. The van der Waals surface area contributed by atoms with E-state index < -0.39 is 41.8 Å². The number of aliphatic imine (C=N–C) groups is 1. The number of alkyl halides is 2. The van der Waals surface area contributed by atoms with Gasteiger partial charge in [-0.05, 0) is 30.7 Å². The third-order valence-electron chi connectivity index (χ3n) is 5.77. The molecule has 2 fully saturated rings. The molecular weight excluding hydrogens is 441 g/mol. The second-order valence-corrected chi connectivity index (χ2v) is 8.05. The quantitative estimate of drug-likeness (QED) is 0.577. The van der Waals surface area contributed by atoms with Crippen molar-refractivity contribution in [2.75, 3.05) is 25.4 Å². The minimum Gasteiger partial charge on any atom is -0.384 e. The molecule has 9 nitrogen and oxygen atoms in total. The van der Waals surface area contributed by atoms with Gasteiger partial charge < -0.3 is 21.0 Å². The SMILES string of the molecule is N=CC1CN(C[C@H]2O[C@@H](n3ccc(N)nc3=O)C(F)(F)[C@@H]2O)CCC1=Nc1cccc(F)c1. The largest absolute Gasteiger partial charge is 0.384 e. The summed E-state index contributed by atoms with van der Waals surface area (Å²) in [5.41, 5.74) is 5.52. The number of nitrogens with zero attached hydrogens (tertiary/aromatic N) is 4. The predicted molar refractivity (Wildman–Crippen MR) is 115 cm³/mol. The molecule has 0 aliphatic carbocycles. The van der Waals surface area contributed by atoms with Crippen LogP contribution in [0.25, 0.3) is 0 Å². The van der Waals surface area contributed by atoms with Crippen molar-refractivity contribution in [3.8, 4) is 0 Å². The van der Waals surface area contributed by atoms with Gasteiger partial charge in [-0.2, -0.15) is 13.8 Å². The average Bonchev–Trinajstić information content (AvgIpc) is 2.98. The van der Waals surface area contributed by atoms with Crippen LogP contribution in [0.2, 0.25) is 0 Å².